The van der Waals surface area contributed by atoms with Gasteiger partial charge in [0.15, 0.2) is 17.6 Å². The van der Waals surface area contributed by atoms with E-state index in [2.05, 4.69) is 26.6 Å². The Balaban J connectivity index is 1.17. The average molecular weight is 474 g/mol. The highest BCUT2D eigenvalue weighted by Crippen LogP contribution is 2.30. The van der Waals surface area contributed by atoms with Crippen molar-refractivity contribution in [2.75, 3.05) is 26.2 Å². The third-order valence-corrected chi connectivity index (χ3v) is 5.33. The monoisotopic (exact) mass is 473 g/mol. The van der Waals surface area contributed by atoms with Crippen LogP contribution in [0.1, 0.15) is 27.1 Å². The quantitative estimate of drug-likeness (QED) is 0.496. The molecule has 4 rings (SSSR count). The fourth-order valence-electron chi connectivity index (χ4n) is 3.34. The number of para-hydroxylation sites is 2. The number of amides is 4. The number of imide groups is 1. The molecule has 0 aromatic heterocycles. The summed E-state index contributed by atoms with van der Waals surface area (Å²) >= 11 is 3.31. The van der Waals surface area contributed by atoms with Crippen LogP contribution in [0.15, 0.2) is 46.9 Å². The number of halogens is 1. The van der Waals surface area contributed by atoms with Gasteiger partial charge in [0.1, 0.15) is 6.61 Å². The van der Waals surface area contributed by atoms with E-state index in [4.69, 9.17) is 9.47 Å². The zero-order chi connectivity index (χ0) is 21.1. The molecule has 0 radical (unpaired) electrons. The summed E-state index contributed by atoms with van der Waals surface area (Å²) in [5, 5.41) is 5.46. The Hall–Kier alpha value is -3.07. The number of benzene rings is 2. The maximum atomic E-state index is 12.4. The van der Waals surface area contributed by atoms with Gasteiger partial charge in [0.05, 0.1) is 17.7 Å². The van der Waals surface area contributed by atoms with Gasteiger partial charge in [-0.2, -0.15) is 0 Å². The third kappa shape index (κ3) is 4.25. The van der Waals surface area contributed by atoms with Crippen LogP contribution in [0.4, 0.5) is 4.79 Å². The lowest BCUT2D eigenvalue weighted by Crippen LogP contribution is -2.45. The van der Waals surface area contributed by atoms with E-state index in [1.54, 1.807) is 18.2 Å². The van der Waals surface area contributed by atoms with Crippen molar-refractivity contribution in [3.8, 4) is 11.5 Å². The minimum Gasteiger partial charge on any atom is -0.486 e. The Labute approximate surface area is 181 Å². The number of urea groups is 1. The van der Waals surface area contributed by atoms with Crippen molar-refractivity contribution >= 4 is 33.8 Å². The molecule has 0 aliphatic carbocycles. The van der Waals surface area contributed by atoms with Crippen LogP contribution in [0.5, 0.6) is 11.5 Å². The summed E-state index contributed by atoms with van der Waals surface area (Å²) in [6.45, 7) is 1.22. The fourth-order valence-corrected chi connectivity index (χ4v) is 3.70. The zero-order valence-electron chi connectivity index (χ0n) is 16.0. The van der Waals surface area contributed by atoms with Crippen molar-refractivity contribution < 1.29 is 23.9 Å². The number of carbonyl (C=O) groups is 3. The molecule has 1 unspecified atom stereocenters. The Morgan fingerprint density at radius 1 is 1.07 bits per heavy atom. The van der Waals surface area contributed by atoms with Gasteiger partial charge >= 0.3 is 6.03 Å². The van der Waals surface area contributed by atoms with E-state index in [1.807, 2.05) is 24.3 Å². The van der Waals surface area contributed by atoms with Crippen molar-refractivity contribution in [3.63, 3.8) is 0 Å². The Bertz CT molecular complexity index is 996. The lowest BCUT2D eigenvalue weighted by Gasteiger charge is -2.26. The van der Waals surface area contributed by atoms with E-state index in [0.717, 1.165) is 4.47 Å². The Kier molecular flexibility index (Phi) is 5.89. The number of ether oxygens (including phenoxy) is 2. The van der Waals surface area contributed by atoms with Crippen LogP contribution in [-0.2, 0) is 0 Å². The molecule has 9 heteroatoms. The van der Waals surface area contributed by atoms with Crippen LogP contribution in [0.3, 0.4) is 0 Å². The highest BCUT2D eigenvalue weighted by Gasteiger charge is 2.35. The number of fused-ring (bicyclic) bond motifs is 2. The number of hydrogen-bond donors (Lipinski definition) is 2. The van der Waals surface area contributed by atoms with E-state index < -0.39 is 0 Å². The van der Waals surface area contributed by atoms with Crippen LogP contribution >= 0.6 is 15.9 Å². The molecule has 2 heterocycles. The molecule has 1 atom stereocenters. The molecule has 2 aliphatic rings. The number of rotatable bonds is 6. The van der Waals surface area contributed by atoms with Crippen molar-refractivity contribution in [2.45, 2.75) is 12.5 Å². The molecule has 0 saturated carbocycles. The first-order valence-electron chi connectivity index (χ1n) is 9.59. The van der Waals surface area contributed by atoms with Crippen molar-refractivity contribution in [2.24, 2.45) is 0 Å². The lowest BCUT2D eigenvalue weighted by molar-refractivity contribution is 0.0653. The maximum absolute atomic E-state index is 12.4. The second-order valence-corrected chi connectivity index (χ2v) is 7.86. The van der Waals surface area contributed by atoms with Crippen LogP contribution in [0.2, 0.25) is 0 Å². The summed E-state index contributed by atoms with van der Waals surface area (Å²) in [7, 11) is 0. The smallest absolute Gasteiger partial charge is 0.314 e. The molecule has 2 aromatic rings. The summed E-state index contributed by atoms with van der Waals surface area (Å²) in [5.74, 6) is 0.736. The van der Waals surface area contributed by atoms with Crippen molar-refractivity contribution in [1.82, 2.24) is 15.5 Å². The summed E-state index contributed by atoms with van der Waals surface area (Å²) in [6, 6.07) is 12.1. The van der Waals surface area contributed by atoms with Gasteiger partial charge in [0.25, 0.3) is 11.8 Å². The summed E-state index contributed by atoms with van der Waals surface area (Å²) in [4.78, 5) is 38.0. The number of hydrogen-bond acceptors (Lipinski definition) is 5. The standard InChI is InChI=1S/C21H20BrN3O5/c22-13-6-7-15-16(10-13)20(27)25(19(15)26)9-3-8-23-21(28)24-11-14-12-29-17-4-1-2-5-18(17)30-14/h1-2,4-7,10,14H,3,8-9,11-12H2,(H2,23,24,28). The Morgan fingerprint density at radius 3 is 2.67 bits per heavy atom. The first kappa shape index (κ1) is 20.2. The van der Waals surface area contributed by atoms with Crippen LogP contribution in [0, 0.1) is 0 Å². The predicted molar refractivity (Wildman–Crippen MR) is 112 cm³/mol. The molecular weight excluding hydrogens is 454 g/mol. The van der Waals surface area contributed by atoms with E-state index in [1.165, 1.54) is 4.90 Å². The molecule has 0 spiro atoms. The number of carbonyl (C=O) groups excluding carboxylic acids is 3. The maximum Gasteiger partial charge on any atom is 0.314 e. The summed E-state index contributed by atoms with van der Waals surface area (Å²) in [5.41, 5.74) is 0.807. The largest absolute Gasteiger partial charge is 0.486 e. The van der Waals surface area contributed by atoms with Gasteiger partial charge in [-0.15, -0.1) is 0 Å². The van der Waals surface area contributed by atoms with Gasteiger partial charge < -0.3 is 20.1 Å². The molecule has 30 heavy (non-hydrogen) atoms. The topological polar surface area (TPSA) is 97.0 Å². The summed E-state index contributed by atoms with van der Waals surface area (Å²) in [6.07, 6.45) is 0.180. The minimum absolute atomic E-state index is 0.237. The van der Waals surface area contributed by atoms with E-state index in [0.29, 0.717) is 48.7 Å². The number of nitrogens with one attached hydrogen (secondary N) is 2. The molecule has 4 amide bonds. The van der Waals surface area contributed by atoms with E-state index in [9.17, 15) is 14.4 Å². The summed E-state index contributed by atoms with van der Waals surface area (Å²) < 4.78 is 12.1. The van der Waals surface area contributed by atoms with E-state index >= 15 is 0 Å². The highest BCUT2D eigenvalue weighted by molar-refractivity contribution is 9.10. The van der Waals surface area contributed by atoms with Crippen molar-refractivity contribution in [3.05, 3.63) is 58.1 Å². The van der Waals surface area contributed by atoms with Gasteiger partial charge in [-0.1, -0.05) is 28.1 Å². The van der Waals surface area contributed by atoms with Gasteiger partial charge in [0.2, 0.25) is 0 Å². The second kappa shape index (κ2) is 8.74. The average Bonchev–Trinajstić information content (AvgIpc) is 2.99. The first-order chi connectivity index (χ1) is 14.5. The molecule has 0 saturated heterocycles. The molecule has 2 aliphatic heterocycles. The van der Waals surface area contributed by atoms with Crippen LogP contribution in [0.25, 0.3) is 0 Å². The molecule has 2 N–H and O–H groups in total. The second-order valence-electron chi connectivity index (χ2n) is 6.94. The SMILES string of the molecule is O=C(NCCCN1C(=O)c2ccc(Br)cc2C1=O)NCC1COc2ccccc2O1. The van der Waals surface area contributed by atoms with Gasteiger partial charge in [-0.3, -0.25) is 14.5 Å². The number of nitrogens with zero attached hydrogens (tertiary/aromatic N) is 1. The van der Waals surface area contributed by atoms with Gasteiger partial charge in [0, 0.05) is 17.6 Å². The third-order valence-electron chi connectivity index (χ3n) is 4.83. The van der Waals surface area contributed by atoms with Crippen LogP contribution < -0.4 is 20.1 Å². The normalized spacial score (nSPS) is 17.0. The predicted octanol–water partition coefficient (Wildman–Crippen LogP) is 2.57. The molecule has 8 nitrogen and oxygen atoms in total. The molecule has 0 fully saturated rings. The van der Waals surface area contributed by atoms with Crippen LogP contribution in [-0.4, -0.2) is 55.1 Å². The zero-order valence-corrected chi connectivity index (χ0v) is 17.6. The molecule has 2 aromatic carbocycles. The highest BCUT2D eigenvalue weighted by atomic mass is 79.9. The Morgan fingerprint density at radius 2 is 1.83 bits per heavy atom. The van der Waals surface area contributed by atoms with E-state index in [-0.39, 0.29) is 30.5 Å². The molecule has 156 valence electrons. The van der Waals surface area contributed by atoms with Crippen molar-refractivity contribution in [1.29, 1.82) is 0 Å². The van der Waals surface area contributed by atoms with Gasteiger partial charge in [-0.05, 0) is 36.8 Å². The minimum atomic E-state index is -0.344. The molecule has 0 bridgehead atoms. The fraction of sp³-hybridized carbons (Fsp3) is 0.286. The first-order valence-corrected chi connectivity index (χ1v) is 10.4. The van der Waals surface area contributed by atoms with Gasteiger partial charge in [-0.25, -0.2) is 4.79 Å². The lowest BCUT2D eigenvalue weighted by atomic mass is 10.1. The molecular formula is C21H20BrN3O5.